The zero-order valence-electron chi connectivity index (χ0n) is 15.0. The minimum atomic E-state index is -0.916. The lowest BCUT2D eigenvalue weighted by Crippen LogP contribution is -2.55. The largest absolute Gasteiger partial charge is 0.368 e. The lowest BCUT2D eigenvalue weighted by atomic mass is 9.96. The Morgan fingerprint density at radius 3 is 2.32 bits per heavy atom. The van der Waals surface area contributed by atoms with E-state index in [-0.39, 0.29) is 30.8 Å². The van der Waals surface area contributed by atoms with Crippen LogP contribution in [0, 0.1) is 0 Å². The summed E-state index contributed by atoms with van der Waals surface area (Å²) in [6, 6.07) is 10.2. The summed E-state index contributed by atoms with van der Waals surface area (Å²) in [4.78, 5) is 28.4. The summed E-state index contributed by atoms with van der Waals surface area (Å²) in [5, 5.41) is 2.68. The Hall–Kier alpha value is -1.79. The van der Waals surface area contributed by atoms with Crippen molar-refractivity contribution in [2.75, 3.05) is 37.6 Å². The molecule has 2 amide bonds. The fourth-order valence-electron chi connectivity index (χ4n) is 2.96. The van der Waals surface area contributed by atoms with Crippen LogP contribution in [0.2, 0.25) is 0 Å². The molecule has 7 heteroatoms. The van der Waals surface area contributed by atoms with Crippen LogP contribution in [0.4, 0.5) is 5.69 Å². The molecule has 0 spiro atoms. The van der Waals surface area contributed by atoms with Gasteiger partial charge in [0.1, 0.15) is 0 Å². The molecule has 0 aliphatic carbocycles. The average molecular weight is 369 g/mol. The van der Waals surface area contributed by atoms with Crippen molar-refractivity contribution in [2.45, 2.75) is 32.2 Å². The molecular formula is C18H29ClN4O2. The SMILES string of the molecule is CCCC(C)(N)C(=O)NCC(=O)N1CCN(c2ccccc2)CC1.Cl. The molecule has 1 aromatic rings. The summed E-state index contributed by atoms with van der Waals surface area (Å²) in [6.45, 7) is 6.63. The van der Waals surface area contributed by atoms with Gasteiger partial charge in [-0.25, -0.2) is 0 Å². The molecule has 0 radical (unpaired) electrons. The zero-order valence-corrected chi connectivity index (χ0v) is 15.8. The molecule has 1 heterocycles. The van der Waals surface area contributed by atoms with E-state index < -0.39 is 5.54 Å². The molecule has 1 fully saturated rings. The van der Waals surface area contributed by atoms with Crippen molar-refractivity contribution in [2.24, 2.45) is 5.73 Å². The van der Waals surface area contributed by atoms with E-state index in [1.54, 1.807) is 11.8 Å². The van der Waals surface area contributed by atoms with Gasteiger partial charge in [-0.05, 0) is 25.5 Å². The third kappa shape index (κ3) is 5.90. The van der Waals surface area contributed by atoms with E-state index in [0.29, 0.717) is 19.5 Å². The number of carbonyl (C=O) groups excluding carboxylic acids is 2. The van der Waals surface area contributed by atoms with E-state index >= 15 is 0 Å². The fraction of sp³-hybridized carbons (Fsp3) is 0.556. The molecule has 1 saturated heterocycles. The smallest absolute Gasteiger partial charge is 0.242 e. The normalized spacial score (nSPS) is 16.6. The number of para-hydroxylation sites is 1. The maximum absolute atomic E-state index is 12.3. The maximum Gasteiger partial charge on any atom is 0.242 e. The molecule has 6 nitrogen and oxygen atoms in total. The molecule has 3 N–H and O–H groups in total. The first-order valence-electron chi connectivity index (χ1n) is 8.59. The number of nitrogens with zero attached hydrogens (tertiary/aromatic N) is 2. The van der Waals surface area contributed by atoms with E-state index in [2.05, 4.69) is 22.3 Å². The Morgan fingerprint density at radius 2 is 1.76 bits per heavy atom. The second-order valence-electron chi connectivity index (χ2n) is 6.55. The highest BCUT2D eigenvalue weighted by atomic mass is 35.5. The average Bonchev–Trinajstić information content (AvgIpc) is 2.60. The number of hydrogen-bond donors (Lipinski definition) is 2. The number of rotatable bonds is 6. The van der Waals surface area contributed by atoms with Crippen LogP contribution in [0.25, 0.3) is 0 Å². The third-order valence-electron chi connectivity index (χ3n) is 4.44. The van der Waals surface area contributed by atoms with Crippen molar-refractivity contribution in [1.29, 1.82) is 0 Å². The van der Waals surface area contributed by atoms with Gasteiger partial charge in [0.25, 0.3) is 0 Å². The Labute approximate surface area is 156 Å². The monoisotopic (exact) mass is 368 g/mol. The summed E-state index contributed by atoms with van der Waals surface area (Å²) >= 11 is 0. The van der Waals surface area contributed by atoms with Crippen LogP contribution >= 0.6 is 12.4 Å². The predicted molar refractivity (Wildman–Crippen MR) is 103 cm³/mol. The lowest BCUT2D eigenvalue weighted by Gasteiger charge is -2.36. The molecule has 2 rings (SSSR count). The first kappa shape index (κ1) is 21.3. The van der Waals surface area contributed by atoms with Crippen LogP contribution in [-0.2, 0) is 9.59 Å². The van der Waals surface area contributed by atoms with Crippen LogP contribution in [0.5, 0.6) is 0 Å². The van der Waals surface area contributed by atoms with Crippen molar-refractivity contribution in [3.05, 3.63) is 30.3 Å². The second kappa shape index (κ2) is 9.63. The van der Waals surface area contributed by atoms with Crippen LogP contribution in [0.15, 0.2) is 30.3 Å². The number of hydrogen-bond acceptors (Lipinski definition) is 4. The molecule has 140 valence electrons. The van der Waals surface area contributed by atoms with Gasteiger partial charge in [0.05, 0.1) is 12.1 Å². The quantitative estimate of drug-likeness (QED) is 0.795. The summed E-state index contributed by atoms with van der Waals surface area (Å²) < 4.78 is 0. The number of anilines is 1. The molecule has 1 aromatic carbocycles. The zero-order chi connectivity index (χ0) is 17.6. The number of amides is 2. The van der Waals surface area contributed by atoms with Crippen molar-refractivity contribution >= 4 is 29.9 Å². The maximum atomic E-state index is 12.3. The Bertz CT molecular complexity index is 557. The van der Waals surface area contributed by atoms with Gasteiger partial charge in [-0.1, -0.05) is 31.5 Å². The molecule has 0 bridgehead atoms. The van der Waals surface area contributed by atoms with E-state index in [1.807, 2.05) is 25.1 Å². The highest BCUT2D eigenvalue weighted by Gasteiger charge is 2.28. The van der Waals surface area contributed by atoms with Gasteiger partial charge in [0.15, 0.2) is 0 Å². The molecule has 1 atom stereocenters. The number of nitrogens with two attached hydrogens (primary N) is 1. The van der Waals surface area contributed by atoms with Crippen LogP contribution in [0.1, 0.15) is 26.7 Å². The predicted octanol–water partition coefficient (Wildman–Crippen LogP) is 1.39. The standard InChI is InChI=1S/C18H28N4O2.ClH/c1-3-9-18(2,19)17(24)20-14-16(23)22-12-10-21(11-13-22)15-7-5-4-6-8-15;/h4-8H,3,9-14,19H2,1-2H3,(H,20,24);1H. The van der Waals surface area contributed by atoms with E-state index in [9.17, 15) is 9.59 Å². The van der Waals surface area contributed by atoms with Gasteiger partial charge < -0.3 is 20.9 Å². The number of halogens is 1. The first-order chi connectivity index (χ1) is 11.4. The fourth-order valence-corrected chi connectivity index (χ4v) is 2.96. The number of benzene rings is 1. The second-order valence-corrected chi connectivity index (χ2v) is 6.55. The van der Waals surface area contributed by atoms with Crippen LogP contribution in [-0.4, -0.2) is 55.0 Å². The Morgan fingerprint density at radius 1 is 1.16 bits per heavy atom. The van der Waals surface area contributed by atoms with E-state index in [0.717, 1.165) is 19.5 Å². The van der Waals surface area contributed by atoms with Gasteiger partial charge >= 0.3 is 0 Å². The number of carbonyl (C=O) groups is 2. The van der Waals surface area contributed by atoms with Crippen LogP contribution in [0.3, 0.4) is 0 Å². The van der Waals surface area contributed by atoms with Crippen molar-refractivity contribution in [3.8, 4) is 0 Å². The van der Waals surface area contributed by atoms with Crippen LogP contribution < -0.4 is 16.0 Å². The minimum absolute atomic E-state index is 0. The van der Waals surface area contributed by atoms with E-state index in [4.69, 9.17) is 5.73 Å². The molecule has 0 aromatic heterocycles. The van der Waals surface area contributed by atoms with Gasteiger partial charge in [0.2, 0.25) is 11.8 Å². The van der Waals surface area contributed by atoms with Crippen molar-refractivity contribution in [3.63, 3.8) is 0 Å². The minimum Gasteiger partial charge on any atom is -0.368 e. The molecule has 1 aliphatic heterocycles. The van der Waals surface area contributed by atoms with Gasteiger partial charge in [0, 0.05) is 31.9 Å². The highest BCUT2D eigenvalue weighted by molar-refractivity contribution is 5.89. The number of nitrogens with one attached hydrogen (secondary N) is 1. The summed E-state index contributed by atoms with van der Waals surface area (Å²) in [5.74, 6) is -0.316. The van der Waals surface area contributed by atoms with Crippen molar-refractivity contribution in [1.82, 2.24) is 10.2 Å². The Balaban J connectivity index is 0.00000312. The van der Waals surface area contributed by atoms with Gasteiger partial charge in [-0.3, -0.25) is 9.59 Å². The molecule has 25 heavy (non-hydrogen) atoms. The molecule has 1 unspecified atom stereocenters. The summed E-state index contributed by atoms with van der Waals surface area (Å²) in [7, 11) is 0. The van der Waals surface area contributed by atoms with E-state index in [1.165, 1.54) is 5.69 Å². The number of piperazine rings is 1. The van der Waals surface area contributed by atoms with Gasteiger partial charge in [-0.15, -0.1) is 12.4 Å². The highest BCUT2D eigenvalue weighted by Crippen LogP contribution is 2.15. The summed E-state index contributed by atoms with van der Waals surface area (Å²) in [5.41, 5.74) is 6.24. The Kier molecular flexibility index (Phi) is 8.19. The van der Waals surface area contributed by atoms with Gasteiger partial charge in [-0.2, -0.15) is 0 Å². The lowest BCUT2D eigenvalue weighted by molar-refractivity contribution is -0.134. The topological polar surface area (TPSA) is 78.7 Å². The third-order valence-corrected chi connectivity index (χ3v) is 4.44. The van der Waals surface area contributed by atoms with Crippen molar-refractivity contribution < 1.29 is 9.59 Å². The molecular weight excluding hydrogens is 340 g/mol. The first-order valence-corrected chi connectivity index (χ1v) is 8.59. The molecule has 0 saturated carbocycles. The summed E-state index contributed by atoms with van der Waals surface area (Å²) in [6.07, 6.45) is 1.43. The molecule has 1 aliphatic rings.